The monoisotopic (exact) mass is 354 g/mol. The summed E-state index contributed by atoms with van der Waals surface area (Å²) >= 11 is 1.43. The fraction of sp³-hybridized carbons (Fsp3) is 0.211. The summed E-state index contributed by atoms with van der Waals surface area (Å²) in [6.45, 7) is 0. The molecule has 0 aromatic heterocycles. The number of hydrogen-bond donors (Lipinski definition) is 1. The maximum Gasteiger partial charge on any atom is 0.304 e. The fourth-order valence-corrected chi connectivity index (χ4v) is 3.47. The highest BCUT2D eigenvalue weighted by Crippen LogP contribution is 2.24. The number of carbonyl (C=O) groups is 1. The van der Waals surface area contributed by atoms with E-state index in [-0.39, 0.29) is 6.42 Å². The SMILES string of the molecule is COc1ccc(C2=NN=C(SCCC(=O)O)c3ccccc3C2)cc1. The van der Waals surface area contributed by atoms with Gasteiger partial charge in [0.25, 0.3) is 0 Å². The van der Waals surface area contributed by atoms with Gasteiger partial charge in [-0.2, -0.15) is 5.10 Å². The van der Waals surface area contributed by atoms with E-state index in [0.29, 0.717) is 12.2 Å². The molecule has 1 N–H and O–H groups in total. The van der Waals surface area contributed by atoms with Crippen LogP contribution in [0.3, 0.4) is 0 Å². The van der Waals surface area contributed by atoms with Crippen LogP contribution >= 0.6 is 11.8 Å². The molecule has 1 aliphatic rings. The number of hydrogen-bond acceptors (Lipinski definition) is 5. The lowest BCUT2D eigenvalue weighted by Gasteiger charge is -2.09. The van der Waals surface area contributed by atoms with Gasteiger partial charge in [-0.25, -0.2) is 0 Å². The number of aliphatic carboxylic acids is 1. The van der Waals surface area contributed by atoms with Gasteiger partial charge in [0.05, 0.1) is 19.2 Å². The van der Waals surface area contributed by atoms with Crippen molar-refractivity contribution >= 4 is 28.5 Å². The largest absolute Gasteiger partial charge is 0.497 e. The second-order valence-corrected chi connectivity index (χ2v) is 6.59. The van der Waals surface area contributed by atoms with Crippen LogP contribution in [0.1, 0.15) is 23.1 Å². The third-order valence-electron chi connectivity index (χ3n) is 3.85. The molecule has 3 rings (SSSR count). The highest BCUT2D eigenvalue weighted by atomic mass is 32.2. The van der Waals surface area contributed by atoms with Crippen molar-refractivity contribution in [2.45, 2.75) is 12.8 Å². The van der Waals surface area contributed by atoms with Crippen molar-refractivity contribution in [2.75, 3.05) is 12.9 Å². The summed E-state index contributed by atoms with van der Waals surface area (Å²) in [6.07, 6.45) is 0.774. The number of benzene rings is 2. The number of ether oxygens (including phenoxy) is 1. The summed E-state index contributed by atoms with van der Waals surface area (Å²) in [5.41, 5.74) is 4.03. The van der Waals surface area contributed by atoms with Crippen LogP contribution in [0.4, 0.5) is 0 Å². The molecule has 0 aliphatic carbocycles. The zero-order chi connectivity index (χ0) is 17.6. The maximum absolute atomic E-state index is 10.8. The molecule has 0 unspecified atom stereocenters. The molecule has 0 saturated carbocycles. The lowest BCUT2D eigenvalue weighted by atomic mass is 9.99. The number of carboxylic acid groups (broad SMARTS) is 1. The first-order valence-electron chi connectivity index (χ1n) is 7.89. The lowest BCUT2D eigenvalue weighted by molar-refractivity contribution is -0.136. The highest BCUT2D eigenvalue weighted by molar-refractivity contribution is 8.14. The predicted octanol–water partition coefficient (Wildman–Crippen LogP) is 3.61. The first-order valence-corrected chi connectivity index (χ1v) is 8.88. The quantitative estimate of drug-likeness (QED) is 0.890. The summed E-state index contributed by atoms with van der Waals surface area (Å²) in [5, 5.41) is 18.4. The summed E-state index contributed by atoms with van der Waals surface area (Å²) in [7, 11) is 1.64. The van der Waals surface area contributed by atoms with Crippen LogP contribution in [0.2, 0.25) is 0 Å². The van der Waals surface area contributed by atoms with Gasteiger partial charge in [-0.1, -0.05) is 24.3 Å². The summed E-state index contributed by atoms with van der Waals surface area (Å²) in [6, 6.07) is 15.8. The summed E-state index contributed by atoms with van der Waals surface area (Å²) in [5.74, 6) is 0.458. The summed E-state index contributed by atoms with van der Waals surface area (Å²) < 4.78 is 5.20. The molecule has 0 bridgehead atoms. The molecule has 0 fully saturated rings. The summed E-state index contributed by atoms with van der Waals surface area (Å²) in [4.78, 5) is 10.8. The van der Waals surface area contributed by atoms with Gasteiger partial charge in [-0.15, -0.1) is 16.9 Å². The van der Waals surface area contributed by atoms with Gasteiger partial charge in [0.2, 0.25) is 0 Å². The minimum Gasteiger partial charge on any atom is -0.497 e. The van der Waals surface area contributed by atoms with E-state index in [1.54, 1.807) is 7.11 Å². The van der Waals surface area contributed by atoms with E-state index >= 15 is 0 Å². The highest BCUT2D eigenvalue weighted by Gasteiger charge is 2.17. The van der Waals surface area contributed by atoms with Crippen LogP contribution in [-0.2, 0) is 11.2 Å². The number of thioether (sulfide) groups is 1. The molecule has 2 aromatic rings. The first-order chi connectivity index (χ1) is 12.2. The van der Waals surface area contributed by atoms with Gasteiger partial charge in [-0.3, -0.25) is 4.79 Å². The number of carboxylic acids is 1. The van der Waals surface area contributed by atoms with Crippen LogP contribution in [0.25, 0.3) is 0 Å². The lowest BCUT2D eigenvalue weighted by Crippen LogP contribution is -2.07. The van der Waals surface area contributed by atoms with Gasteiger partial charge in [0.15, 0.2) is 0 Å². The molecule has 1 aliphatic heterocycles. The third kappa shape index (κ3) is 4.28. The smallest absolute Gasteiger partial charge is 0.304 e. The Morgan fingerprint density at radius 2 is 1.92 bits per heavy atom. The minimum atomic E-state index is -0.808. The molecule has 0 spiro atoms. The fourth-order valence-electron chi connectivity index (χ4n) is 2.54. The number of nitrogens with zero attached hydrogens (tertiary/aromatic N) is 2. The van der Waals surface area contributed by atoms with Crippen molar-refractivity contribution in [2.24, 2.45) is 10.2 Å². The van der Waals surface area contributed by atoms with E-state index in [4.69, 9.17) is 9.84 Å². The van der Waals surface area contributed by atoms with Gasteiger partial charge < -0.3 is 9.84 Å². The normalized spacial score (nSPS) is 13.3. The maximum atomic E-state index is 10.8. The van der Waals surface area contributed by atoms with Crippen molar-refractivity contribution in [3.8, 4) is 5.75 Å². The van der Waals surface area contributed by atoms with E-state index in [0.717, 1.165) is 33.2 Å². The van der Waals surface area contributed by atoms with Crippen molar-refractivity contribution in [1.29, 1.82) is 0 Å². The molecule has 6 heteroatoms. The number of fused-ring (bicyclic) bond motifs is 1. The molecule has 0 radical (unpaired) electrons. The predicted molar refractivity (Wildman–Crippen MR) is 101 cm³/mol. The Hall–Kier alpha value is -2.60. The zero-order valence-corrected chi connectivity index (χ0v) is 14.6. The first kappa shape index (κ1) is 17.2. The molecule has 1 heterocycles. The van der Waals surface area contributed by atoms with Crippen molar-refractivity contribution in [3.63, 3.8) is 0 Å². The Morgan fingerprint density at radius 3 is 2.64 bits per heavy atom. The Kier molecular flexibility index (Phi) is 5.50. The van der Waals surface area contributed by atoms with Crippen molar-refractivity contribution in [3.05, 3.63) is 65.2 Å². The Morgan fingerprint density at radius 1 is 1.16 bits per heavy atom. The van der Waals surface area contributed by atoms with Crippen LogP contribution < -0.4 is 4.74 Å². The Balaban J connectivity index is 1.90. The number of methoxy groups -OCH3 is 1. The van der Waals surface area contributed by atoms with Crippen molar-refractivity contribution < 1.29 is 14.6 Å². The van der Waals surface area contributed by atoms with Gasteiger partial charge >= 0.3 is 5.97 Å². The molecule has 0 amide bonds. The molecular weight excluding hydrogens is 336 g/mol. The molecule has 0 atom stereocenters. The van der Waals surface area contributed by atoms with Crippen LogP contribution in [0, 0.1) is 0 Å². The molecular formula is C19H18N2O3S. The average Bonchev–Trinajstić information content (AvgIpc) is 2.81. The minimum absolute atomic E-state index is 0.0981. The molecule has 25 heavy (non-hydrogen) atoms. The Bertz CT molecular complexity index is 829. The van der Waals surface area contributed by atoms with E-state index in [9.17, 15) is 4.79 Å². The third-order valence-corrected chi connectivity index (χ3v) is 4.83. The van der Waals surface area contributed by atoms with Crippen LogP contribution in [0.15, 0.2) is 58.7 Å². The Labute approximate surface area is 150 Å². The molecule has 0 saturated heterocycles. The van der Waals surface area contributed by atoms with Crippen LogP contribution in [0.5, 0.6) is 5.75 Å². The molecule has 5 nitrogen and oxygen atoms in total. The molecule has 128 valence electrons. The van der Waals surface area contributed by atoms with Crippen LogP contribution in [-0.4, -0.2) is 34.7 Å². The zero-order valence-electron chi connectivity index (χ0n) is 13.8. The van der Waals surface area contributed by atoms with Gasteiger partial charge in [0, 0.05) is 17.7 Å². The van der Waals surface area contributed by atoms with E-state index < -0.39 is 5.97 Å². The second kappa shape index (κ2) is 7.98. The molecule has 2 aromatic carbocycles. The topological polar surface area (TPSA) is 71.2 Å². The number of rotatable bonds is 5. The van der Waals surface area contributed by atoms with Crippen molar-refractivity contribution in [1.82, 2.24) is 0 Å². The van der Waals surface area contributed by atoms with E-state index in [1.165, 1.54) is 11.8 Å². The standard InChI is InChI=1S/C19H18N2O3S/c1-24-15-8-6-13(7-9-15)17-12-14-4-2-3-5-16(14)19(21-20-17)25-11-10-18(22)23/h2-9H,10-12H2,1H3,(H,22,23). The van der Waals surface area contributed by atoms with Gasteiger partial charge in [-0.05, 0) is 35.4 Å². The van der Waals surface area contributed by atoms with Gasteiger partial charge in [0.1, 0.15) is 10.8 Å². The van der Waals surface area contributed by atoms with E-state index in [1.807, 2.05) is 42.5 Å². The van der Waals surface area contributed by atoms with E-state index in [2.05, 4.69) is 16.3 Å². The average molecular weight is 354 g/mol. The second-order valence-electron chi connectivity index (χ2n) is 5.51.